The van der Waals surface area contributed by atoms with Crippen molar-refractivity contribution in [3.63, 3.8) is 0 Å². The molecule has 0 spiro atoms. The fourth-order valence-electron chi connectivity index (χ4n) is 2.04. The molecule has 0 fully saturated rings. The molecule has 0 aliphatic heterocycles. The van der Waals surface area contributed by atoms with E-state index in [4.69, 9.17) is 4.74 Å². The zero-order valence-electron chi connectivity index (χ0n) is 11.2. The van der Waals surface area contributed by atoms with Gasteiger partial charge in [0, 0.05) is 15.3 Å². The van der Waals surface area contributed by atoms with Crippen molar-refractivity contribution in [2.24, 2.45) is 0 Å². The predicted octanol–water partition coefficient (Wildman–Crippen LogP) is 4.05. The van der Waals surface area contributed by atoms with Crippen LogP contribution < -0.4 is 10.1 Å². The molecular formula is C15H16N2OS. The Morgan fingerprint density at radius 3 is 2.63 bits per heavy atom. The third kappa shape index (κ3) is 2.88. The molecule has 98 valence electrons. The Bertz CT molecular complexity index is 613. The second-order valence-electron chi connectivity index (χ2n) is 4.28. The van der Waals surface area contributed by atoms with Crippen LogP contribution in [-0.4, -0.2) is 7.11 Å². The monoisotopic (exact) mass is 272 g/mol. The van der Waals surface area contributed by atoms with Crippen molar-refractivity contribution in [3.8, 4) is 11.8 Å². The number of thiophene rings is 1. The summed E-state index contributed by atoms with van der Waals surface area (Å²) in [6.07, 6.45) is 0. The van der Waals surface area contributed by atoms with Crippen LogP contribution in [-0.2, 0) is 0 Å². The van der Waals surface area contributed by atoms with E-state index in [-0.39, 0.29) is 6.04 Å². The highest BCUT2D eigenvalue weighted by molar-refractivity contribution is 7.12. The van der Waals surface area contributed by atoms with Crippen LogP contribution >= 0.6 is 11.3 Å². The first-order chi connectivity index (χ1) is 9.15. The molecule has 0 amide bonds. The molecule has 0 aliphatic rings. The quantitative estimate of drug-likeness (QED) is 0.913. The minimum atomic E-state index is -0.360. The van der Waals surface area contributed by atoms with E-state index >= 15 is 0 Å². The molecule has 0 bridgehead atoms. The van der Waals surface area contributed by atoms with Crippen molar-refractivity contribution in [3.05, 3.63) is 45.6 Å². The number of nitriles is 1. The van der Waals surface area contributed by atoms with Gasteiger partial charge in [0.2, 0.25) is 0 Å². The number of benzene rings is 1. The van der Waals surface area contributed by atoms with Gasteiger partial charge in [0.25, 0.3) is 0 Å². The highest BCUT2D eigenvalue weighted by atomic mass is 32.1. The molecule has 19 heavy (non-hydrogen) atoms. The van der Waals surface area contributed by atoms with Gasteiger partial charge < -0.3 is 10.1 Å². The number of hydrogen-bond acceptors (Lipinski definition) is 4. The van der Waals surface area contributed by atoms with E-state index in [2.05, 4.69) is 24.4 Å². The van der Waals surface area contributed by atoms with E-state index in [1.807, 2.05) is 31.2 Å². The van der Waals surface area contributed by atoms with Gasteiger partial charge in [-0.15, -0.1) is 11.3 Å². The molecule has 1 aromatic carbocycles. The average molecular weight is 272 g/mol. The summed E-state index contributed by atoms with van der Waals surface area (Å²) in [5.74, 6) is 0.743. The summed E-state index contributed by atoms with van der Waals surface area (Å²) >= 11 is 1.71. The molecule has 4 heteroatoms. The average Bonchev–Trinajstić information content (AvgIpc) is 2.75. The summed E-state index contributed by atoms with van der Waals surface area (Å²) in [4.78, 5) is 2.39. The lowest BCUT2D eigenvalue weighted by molar-refractivity contribution is 0.416. The topological polar surface area (TPSA) is 45.0 Å². The summed E-state index contributed by atoms with van der Waals surface area (Å²) in [6, 6.07) is 11.6. The number of aryl methyl sites for hydroxylation is 2. The molecule has 2 rings (SSSR count). The Kier molecular flexibility index (Phi) is 4.08. The van der Waals surface area contributed by atoms with E-state index in [1.54, 1.807) is 18.4 Å². The normalized spacial score (nSPS) is 11.7. The molecule has 1 N–H and O–H groups in total. The second kappa shape index (κ2) is 5.77. The Morgan fingerprint density at radius 1 is 1.32 bits per heavy atom. The molecule has 3 nitrogen and oxygen atoms in total. The fourth-order valence-corrected chi connectivity index (χ4v) is 3.00. The third-order valence-corrected chi connectivity index (χ3v) is 3.91. The van der Waals surface area contributed by atoms with Gasteiger partial charge in [0.15, 0.2) is 0 Å². The summed E-state index contributed by atoms with van der Waals surface area (Å²) in [5.41, 5.74) is 1.87. The van der Waals surface area contributed by atoms with Crippen molar-refractivity contribution in [2.45, 2.75) is 19.9 Å². The van der Waals surface area contributed by atoms with Crippen LogP contribution in [0.4, 0.5) is 5.69 Å². The molecule has 1 atom stereocenters. The van der Waals surface area contributed by atoms with Crippen molar-refractivity contribution < 1.29 is 4.74 Å². The highest BCUT2D eigenvalue weighted by Crippen LogP contribution is 2.31. The molecule has 2 aromatic rings. The minimum Gasteiger partial charge on any atom is -0.495 e. The Labute approximate surface area is 117 Å². The number of anilines is 1. The number of hydrogen-bond donors (Lipinski definition) is 1. The summed E-state index contributed by atoms with van der Waals surface area (Å²) in [5, 5.41) is 12.6. The van der Waals surface area contributed by atoms with Crippen molar-refractivity contribution >= 4 is 17.0 Å². The lowest BCUT2D eigenvalue weighted by atomic mass is 10.1. The maximum absolute atomic E-state index is 9.39. The van der Waals surface area contributed by atoms with Crippen LogP contribution in [0.25, 0.3) is 0 Å². The number of rotatable bonds is 4. The largest absolute Gasteiger partial charge is 0.495 e. The number of methoxy groups -OCH3 is 1. The van der Waals surface area contributed by atoms with Gasteiger partial charge in [-0.25, -0.2) is 0 Å². The van der Waals surface area contributed by atoms with Gasteiger partial charge in [-0.05, 0) is 32.0 Å². The molecule has 1 aromatic heterocycles. The zero-order valence-corrected chi connectivity index (χ0v) is 12.0. The van der Waals surface area contributed by atoms with Crippen LogP contribution in [0.3, 0.4) is 0 Å². The van der Waals surface area contributed by atoms with Crippen LogP contribution in [0.15, 0.2) is 30.3 Å². The lowest BCUT2D eigenvalue weighted by Crippen LogP contribution is -2.09. The smallest absolute Gasteiger partial charge is 0.141 e. The van der Waals surface area contributed by atoms with Crippen molar-refractivity contribution in [1.82, 2.24) is 0 Å². The highest BCUT2D eigenvalue weighted by Gasteiger charge is 2.16. The Morgan fingerprint density at radius 2 is 2.05 bits per heavy atom. The third-order valence-electron chi connectivity index (χ3n) is 2.93. The maximum atomic E-state index is 9.39. The molecule has 1 heterocycles. The van der Waals surface area contributed by atoms with Crippen molar-refractivity contribution in [2.75, 3.05) is 12.4 Å². The summed E-state index contributed by atoms with van der Waals surface area (Å²) < 4.78 is 5.29. The predicted molar refractivity (Wildman–Crippen MR) is 78.8 cm³/mol. The molecule has 0 aliphatic carbocycles. The van der Waals surface area contributed by atoms with Gasteiger partial charge in [-0.3, -0.25) is 0 Å². The van der Waals surface area contributed by atoms with Crippen LogP contribution in [0.1, 0.15) is 21.4 Å². The first-order valence-electron chi connectivity index (χ1n) is 6.01. The lowest BCUT2D eigenvalue weighted by Gasteiger charge is -2.15. The maximum Gasteiger partial charge on any atom is 0.141 e. The molecule has 0 radical (unpaired) electrons. The number of para-hydroxylation sites is 2. The zero-order chi connectivity index (χ0) is 13.8. The van der Waals surface area contributed by atoms with Gasteiger partial charge in [0.05, 0.1) is 18.9 Å². The van der Waals surface area contributed by atoms with Gasteiger partial charge in [-0.1, -0.05) is 12.1 Å². The first kappa shape index (κ1) is 13.4. The van der Waals surface area contributed by atoms with E-state index in [9.17, 15) is 5.26 Å². The SMILES string of the molecule is COc1ccccc1NC(C#N)c1cc(C)sc1C. The Hall–Kier alpha value is -1.99. The number of ether oxygens (including phenoxy) is 1. The van der Waals surface area contributed by atoms with Crippen LogP contribution in [0, 0.1) is 25.2 Å². The fraction of sp³-hybridized carbons (Fsp3) is 0.267. The standard InChI is InChI=1S/C15H16N2OS/c1-10-8-12(11(2)19-10)14(9-16)17-13-6-4-5-7-15(13)18-3/h4-8,14,17H,1-3H3. The summed E-state index contributed by atoms with van der Waals surface area (Å²) in [7, 11) is 1.63. The minimum absolute atomic E-state index is 0.360. The van der Waals surface area contributed by atoms with Crippen molar-refractivity contribution in [1.29, 1.82) is 5.26 Å². The van der Waals surface area contributed by atoms with E-state index in [0.717, 1.165) is 17.0 Å². The molecule has 1 unspecified atom stereocenters. The molecular weight excluding hydrogens is 256 g/mol. The number of nitrogens with one attached hydrogen (secondary N) is 1. The first-order valence-corrected chi connectivity index (χ1v) is 6.83. The second-order valence-corrected chi connectivity index (χ2v) is 5.74. The number of nitrogens with zero attached hydrogens (tertiary/aromatic N) is 1. The van der Waals surface area contributed by atoms with Gasteiger partial charge >= 0.3 is 0 Å². The van der Waals surface area contributed by atoms with Gasteiger partial charge in [0.1, 0.15) is 11.8 Å². The Balaban J connectivity index is 2.30. The van der Waals surface area contributed by atoms with E-state index in [0.29, 0.717) is 0 Å². The van der Waals surface area contributed by atoms with E-state index in [1.165, 1.54) is 9.75 Å². The van der Waals surface area contributed by atoms with E-state index < -0.39 is 0 Å². The molecule has 0 saturated heterocycles. The van der Waals surface area contributed by atoms with Gasteiger partial charge in [-0.2, -0.15) is 5.26 Å². The van der Waals surface area contributed by atoms with Crippen LogP contribution in [0.5, 0.6) is 5.75 Å². The molecule has 0 saturated carbocycles. The summed E-state index contributed by atoms with van der Waals surface area (Å²) in [6.45, 7) is 4.10. The van der Waals surface area contributed by atoms with Crippen LogP contribution in [0.2, 0.25) is 0 Å².